The molecule has 2 aromatic carbocycles. The smallest absolute Gasteiger partial charge is 0.253 e. The van der Waals surface area contributed by atoms with Crippen molar-refractivity contribution < 1.29 is 13.2 Å². The standard InChI is InChI=1S/C24H27N3O3S2/c28-23(27-12-10-18(11-13-27)14-17-4-2-1-3-5-17)19-6-8-20(9-7-19)25-24-26-21-15-32(29,30)16-22(21)31-24/h1-9,18,21-22H,10-16H2,(H,25,26)/t21-,22+/m0/s1. The summed E-state index contributed by atoms with van der Waals surface area (Å²) in [5.74, 6) is 1.06. The van der Waals surface area contributed by atoms with E-state index in [2.05, 4.69) is 34.6 Å². The molecule has 2 atom stereocenters. The minimum absolute atomic E-state index is 0.0215. The van der Waals surface area contributed by atoms with Gasteiger partial charge in [0.15, 0.2) is 15.0 Å². The third-order valence-electron chi connectivity index (χ3n) is 6.47. The van der Waals surface area contributed by atoms with E-state index in [1.165, 1.54) is 17.3 Å². The van der Waals surface area contributed by atoms with E-state index in [1.807, 2.05) is 35.2 Å². The van der Waals surface area contributed by atoms with Crippen LogP contribution >= 0.6 is 11.8 Å². The number of thioether (sulfide) groups is 1. The Balaban J connectivity index is 1.13. The molecule has 3 aliphatic rings. The molecule has 0 unspecified atom stereocenters. The normalized spacial score (nSPS) is 24.8. The van der Waals surface area contributed by atoms with Gasteiger partial charge in [0.05, 0.1) is 17.5 Å². The molecule has 0 radical (unpaired) electrons. The highest BCUT2D eigenvalue weighted by atomic mass is 32.2. The fourth-order valence-corrected chi connectivity index (χ4v) is 8.38. The predicted octanol–water partition coefficient (Wildman–Crippen LogP) is 3.46. The zero-order valence-electron chi connectivity index (χ0n) is 17.8. The van der Waals surface area contributed by atoms with Crippen LogP contribution in [0.5, 0.6) is 0 Å². The highest BCUT2D eigenvalue weighted by Crippen LogP contribution is 2.34. The van der Waals surface area contributed by atoms with Crippen molar-refractivity contribution in [2.24, 2.45) is 10.9 Å². The molecule has 5 rings (SSSR count). The van der Waals surface area contributed by atoms with E-state index >= 15 is 0 Å². The van der Waals surface area contributed by atoms with Crippen LogP contribution in [0.25, 0.3) is 0 Å². The number of hydrogen-bond acceptors (Lipinski definition) is 6. The molecule has 1 N–H and O–H groups in total. The number of benzene rings is 2. The average molecular weight is 470 g/mol. The van der Waals surface area contributed by atoms with Gasteiger partial charge in [-0.1, -0.05) is 42.1 Å². The van der Waals surface area contributed by atoms with E-state index in [1.54, 1.807) is 0 Å². The van der Waals surface area contributed by atoms with Crippen LogP contribution in [0.2, 0.25) is 0 Å². The summed E-state index contributed by atoms with van der Waals surface area (Å²) in [6, 6.07) is 17.9. The summed E-state index contributed by atoms with van der Waals surface area (Å²) in [5, 5.41) is 4.04. The third-order valence-corrected chi connectivity index (χ3v) is 9.61. The largest absolute Gasteiger partial charge is 0.339 e. The zero-order valence-corrected chi connectivity index (χ0v) is 19.4. The Labute approximate surface area is 193 Å². The molecule has 0 spiro atoms. The van der Waals surface area contributed by atoms with Gasteiger partial charge < -0.3 is 10.2 Å². The first-order chi connectivity index (χ1) is 15.4. The van der Waals surface area contributed by atoms with Gasteiger partial charge in [0.25, 0.3) is 5.91 Å². The second-order valence-electron chi connectivity index (χ2n) is 8.86. The van der Waals surface area contributed by atoms with Crippen molar-refractivity contribution in [1.29, 1.82) is 0 Å². The SMILES string of the molecule is O=C(c1ccc(NC2=N[C@H]3CS(=O)(=O)C[C@H]3S2)cc1)N1CCC(Cc2ccccc2)CC1. The summed E-state index contributed by atoms with van der Waals surface area (Å²) in [6.45, 7) is 1.60. The Morgan fingerprint density at radius 1 is 1.03 bits per heavy atom. The molecule has 2 aromatic rings. The highest BCUT2D eigenvalue weighted by molar-refractivity contribution is 8.15. The van der Waals surface area contributed by atoms with Crippen molar-refractivity contribution in [3.8, 4) is 0 Å². The summed E-state index contributed by atoms with van der Waals surface area (Å²) in [6.07, 6.45) is 3.16. The summed E-state index contributed by atoms with van der Waals surface area (Å²) >= 11 is 1.50. The number of fused-ring (bicyclic) bond motifs is 1. The zero-order chi connectivity index (χ0) is 22.1. The quantitative estimate of drug-likeness (QED) is 0.742. The van der Waals surface area contributed by atoms with Crippen molar-refractivity contribution in [2.75, 3.05) is 29.9 Å². The number of amides is 1. The number of amidine groups is 1. The lowest BCUT2D eigenvalue weighted by atomic mass is 9.90. The maximum Gasteiger partial charge on any atom is 0.253 e. The summed E-state index contributed by atoms with van der Waals surface area (Å²) in [7, 11) is -2.95. The van der Waals surface area contributed by atoms with Crippen LogP contribution in [0.3, 0.4) is 0 Å². The van der Waals surface area contributed by atoms with Gasteiger partial charge in [0, 0.05) is 29.6 Å². The van der Waals surface area contributed by atoms with E-state index in [0.717, 1.165) is 43.2 Å². The molecule has 1 amide bonds. The van der Waals surface area contributed by atoms with E-state index in [9.17, 15) is 13.2 Å². The van der Waals surface area contributed by atoms with Crippen LogP contribution in [0.4, 0.5) is 5.69 Å². The summed E-state index contributed by atoms with van der Waals surface area (Å²) in [4.78, 5) is 19.4. The molecule has 168 valence electrons. The number of nitrogens with one attached hydrogen (secondary N) is 1. The number of aliphatic imine (C=N–C) groups is 1. The molecule has 0 aromatic heterocycles. The first kappa shape index (κ1) is 21.5. The predicted molar refractivity (Wildman–Crippen MR) is 130 cm³/mol. The van der Waals surface area contributed by atoms with Crippen LogP contribution in [0.15, 0.2) is 59.6 Å². The number of anilines is 1. The lowest BCUT2D eigenvalue weighted by Crippen LogP contribution is -2.38. The molecular formula is C24H27N3O3S2. The number of hydrogen-bond donors (Lipinski definition) is 1. The number of likely N-dealkylation sites (tertiary alicyclic amines) is 1. The Hall–Kier alpha value is -2.32. The second-order valence-corrected chi connectivity index (χ2v) is 12.2. The summed E-state index contributed by atoms with van der Waals surface area (Å²) in [5.41, 5.74) is 2.92. The Bertz CT molecular complexity index is 1110. The number of sulfone groups is 1. The van der Waals surface area contributed by atoms with Crippen LogP contribution in [-0.4, -0.2) is 60.3 Å². The molecule has 0 bridgehead atoms. The van der Waals surface area contributed by atoms with E-state index in [0.29, 0.717) is 11.5 Å². The van der Waals surface area contributed by atoms with Gasteiger partial charge in [0.1, 0.15) is 0 Å². The molecule has 3 aliphatic heterocycles. The monoisotopic (exact) mass is 469 g/mol. The molecule has 32 heavy (non-hydrogen) atoms. The van der Waals surface area contributed by atoms with Crippen LogP contribution in [-0.2, 0) is 16.3 Å². The van der Waals surface area contributed by atoms with E-state index < -0.39 is 9.84 Å². The fourth-order valence-electron chi connectivity index (χ4n) is 4.71. The topological polar surface area (TPSA) is 78.8 Å². The molecule has 0 saturated carbocycles. The van der Waals surface area contributed by atoms with Crippen molar-refractivity contribution >= 4 is 38.4 Å². The maximum absolute atomic E-state index is 12.9. The van der Waals surface area contributed by atoms with Gasteiger partial charge in [-0.15, -0.1) is 0 Å². The van der Waals surface area contributed by atoms with Crippen LogP contribution in [0.1, 0.15) is 28.8 Å². The minimum atomic E-state index is -2.95. The molecular weight excluding hydrogens is 442 g/mol. The van der Waals surface area contributed by atoms with Crippen LogP contribution in [0, 0.1) is 5.92 Å². The molecule has 0 aliphatic carbocycles. The fraction of sp³-hybridized carbons (Fsp3) is 0.417. The average Bonchev–Trinajstić information content (AvgIpc) is 3.27. The van der Waals surface area contributed by atoms with Gasteiger partial charge in [-0.2, -0.15) is 0 Å². The van der Waals surface area contributed by atoms with E-state index in [-0.39, 0.29) is 28.7 Å². The molecule has 6 nitrogen and oxygen atoms in total. The maximum atomic E-state index is 12.9. The van der Waals surface area contributed by atoms with Gasteiger partial charge in [-0.3, -0.25) is 9.79 Å². The van der Waals surface area contributed by atoms with Gasteiger partial charge in [-0.05, 0) is 55.0 Å². The second kappa shape index (κ2) is 8.90. The van der Waals surface area contributed by atoms with E-state index in [4.69, 9.17) is 0 Å². The van der Waals surface area contributed by atoms with Crippen molar-refractivity contribution in [3.63, 3.8) is 0 Å². The summed E-state index contributed by atoms with van der Waals surface area (Å²) < 4.78 is 23.4. The Kier molecular flexibility index (Phi) is 5.99. The Morgan fingerprint density at radius 3 is 2.44 bits per heavy atom. The number of nitrogens with zero attached hydrogens (tertiary/aromatic N) is 2. The lowest BCUT2D eigenvalue weighted by Gasteiger charge is -2.32. The number of carbonyl (C=O) groups is 1. The van der Waals surface area contributed by atoms with Crippen molar-refractivity contribution in [1.82, 2.24) is 4.90 Å². The molecule has 8 heteroatoms. The van der Waals surface area contributed by atoms with Gasteiger partial charge in [-0.25, -0.2) is 8.42 Å². The molecule has 2 saturated heterocycles. The van der Waals surface area contributed by atoms with Crippen LogP contribution < -0.4 is 5.32 Å². The third kappa shape index (κ3) is 4.86. The minimum Gasteiger partial charge on any atom is -0.339 e. The first-order valence-electron chi connectivity index (χ1n) is 11.1. The molecule has 2 fully saturated rings. The van der Waals surface area contributed by atoms with Crippen molar-refractivity contribution in [2.45, 2.75) is 30.6 Å². The van der Waals surface area contributed by atoms with Gasteiger partial charge >= 0.3 is 0 Å². The first-order valence-corrected chi connectivity index (χ1v) is 13.8. The van der Waals surface area contributed by atoms with Crippen molar-refractivity contribution in [3.05, 3.63) is 65.7 Å². The lowest BCUT2D eigenvalue weighted by molar-refractivity contribution is 0.0690. The Morgan fingerprint density at radius 2 is 1.75 bits per heavy atom. The molecule has 3 heterocycles. The number of piperidine rings is 1. The number of carbonyl (C=O) groups excluding carboxylic acids is 1. The highest BCUT2D eigenvalue weighted by Gasteiger charge is 2.42. The number of rotatable bonds is 4. The van der Waals surface area contributed by atoms with Gasteiger partial charge in [0.2, 0.25) is 0 Å².